The van der Waals surface area contributed by atoms with Gasteiger partial charge in [0, 0.05) is 11.6 Å². The van der Waals surface area contributed by atoms with Crippen LogP contribution in [0.25, 0.3) is 0 Å². The second kappa shape index (κ2) is 6.92. The van der Waals surface area contributed by atoms with Gasteiger partial charge < -0.3 is 16.2 Å². The normalized spacial score (nSPS) is 12.3. The van der Waals surface area contributed by atoms with E-state index in [1.165, 1.54) is 12.1 Å². The zero-order chi connectivity index (χ0) is 15.4. The van der Waals surface area contributed by atoms with E-state index in [0.29, 0.717) is 0 Å². The van der Waals surface area contributed by atoms with Crippen molar-refractivity contribution >= 4 is 40.8 Å². The number of benzene rings is 1. The van der Waals surface area contributed by atoms with Gasteiger partial charge in [0.05, 0.1) is 22.2 Å². The largest absolute Gasteiger partial charge is 0.478 e. The summed E-state index contributed by atoms with van der Waals surface area (Å²) in [7, 11) is 0. The van der Waals surface area contributed by atoms with E-state index in [1.54, 1.807) is 0 Å². The topological polar surface area (TPSA) is 92.4 Å². The molecule has 0 heterocycles. The van der Waals surface area contributed by atoms with Gasteiger partial charge in [-0.1, -0.05) is 37.0 Å². The van der Waals surface area contributed by atoms with Crippen molar-refractivity contribution in [3.63, 3.8) is 0 Å². The molecule has 1 unspecified atom stereocenters. The molecule has 0 aliphatic heterocycles. The second-order valence-corrected chi connectivity index (χ2v) is 5.53. The number of nitrogens with one attached hydrogen (secondary N) is 1. The molecule has 0 aliphatic carbocycles. The average molecular weight is 319 g/mol. The molecule has 0 bridgehead atoms. The molecule has 0 radical (unpaired) electrons. The Bertz CT molecular complexity index is 533. The second-order valence-electron chi connectivity index (χ2n) is 4.69. The van der Waals surface area contributed by atoms with Crippen molar-refractivity contribution in [2.75, 3.05) is 11.9 Å². The highest BCUT2D eigenvalue weighted by Gasteiger charge is 2.24. The van der Waals surface area contributed by atoms with Gasteiger partial charge in [-0.2, -0.15) is 0 Å². The van der Waals surface area contributed by atoms with Gasteiger partial charge >= 0.3 is 5.97 Å². The first kappa shape index (κ1) is 16.8. The molecule has 1 atom stereocenters. The van der Waals surface area contributed by atoms with Crippen molar-refractivity contribution in [3.8, 4) is 0 Å². The van der Waals surface area contributed by atoms with Crippen molar-refractivity contribution < 1.29 is 14.7 Å². The molecule has 110 valence electrons. The molecule has 4 N–H and O–H groups in total. The predicted molar refractivity (Wildman–Crippen MR) is 79.4 cm³/mol. The number of carbonyl (C=O) groups is 2. The maximum atomic E-state index is 12.1. The first-order valence-corrected chi connectivity index (χ1v) is 6.76. The van der Waals surface area contributed by atoms with Crippen molar-refractivity contribution in [3.05, 3.63) is 27.7 Å². The van der Waals surface area contributed by atoms with Crippen LogP contribution < -0.4 is 11.1 Å². The molecule has 0 aliphatic rings. The molecular formula is C13H16Cl2N2O3. The number of anilines is 1. The number of rotatable bonds is 5. The molecule has 1 amide bonds. The third-order valence-electron chi connectivity index (χ3n) is 2.93. The van der Waals surface area contributed by atoms with Gasteiger partial charge in [-0.05, 0) is 18.1 Å². The Labute approximate surface area is 127 Å². The fourth-order valence-corrected chi connectivity index (χ4v) is 2.31. The minimum atomic E-state index is -1.22. The molecule has 5 nitrogen and oxygen atoms in total. The summed E-state index contributed by atoms with van der Waals surface area (Å²) < 4.78 is 0. The van der Waals surface area contributed by atoms with E-state index >= 15 is 0 Å². The lowest BCUT2D eigenvalue weighted by Crippen LogP contribution is -2.33. The third-order valence-corrected chi connectivity index (χ3v) is 3.45. The van der Waals surface area contributed by atoms with Gasteiger partial charge in [0.15, 0.2) is 0 Å². The molecular weight excluding hydrogens is 303 g/mol. The number of carboxylic acid groups (broad SMARTS) is 1. The van der Waals surface area contributed by atoms with E-state index in [4.69, 9.17) is 34.0 Å². The summed E-state index contributed by atoms with van der Waals surface area (Å²) in [6.07, 6.45) is 0. The van der Waals surface area contributed by atoms with Gasteiger partial charge in [0.1, 0.15) is 0 Å². The van der Waals surface area contributed by atoms with Crippen LogP contribution in [-0.2, 0) is 4.79 Å². The summed E-state index contributed by atoms with van der Waals surface area (Å²) in [6, 6.07) is 2.61. The molecule has 0 aromatic heterocycles. The summed E-state index contributed by atoms with van der Waals surface area (Å²) in [4.78, 5) is 23.3. The predicted octanol–water partition coefficient (Wildman–Crippen LogP) is 2.86. The van der Waals surface area contributed by atoms with E-state index in [9.17, 15) is 9.59 Å². The highest BCUT2D eigenvalue weighted by molar-refractivity contribution is 6.37. The SMILES string of the molecule is CC(C)C(CN)C(=O)Nc1c(Cl)cc(Cl)cc1C(=O)O. The van der Waals surface area contributed by atoms with Crippen LogP contribution in [-0.4, -0.2) is 23.5 Å². The van der Waals surface area contributed by atoms with E-state index in [2.05, 4.69) is 5.32 Å². The smallest absolute Gasteiger partial charge is 0.337 e. The highest BCUT2D eigenvalue weighted by Crippen LogP contribution is 2.31. The van der Waals surface area contributed by atoms with Gasteiger partial charge in [-0.3, -0.25) is 4.79 Å². The third kappa shape index (κ3) is 3.85. The first-order chi connectivity index (χ1) is 9.27. The van der Waals surface area contributed by atoms with Gasteiger partial charge in [-0.25, -0.2) is 4.79 Å². The minimum absolute atomic E-state index is 0.0272. The molecule has 0 saturated heterocycles. The number of carbonyl (C=O) groups excluding carboxylic acids is 1. The average Bonchev–Trinajstić information content (AvgIpc) is 2.32. The summed E-state index contributed by atoms with van der Waals surface area (Å²) in [5.41, 5.74) is 5.43. The quantitative estimate of drug-likeness (QED) is 0.778. The molecule has 0 fully saturated rings. The number of hydrogen-bond acceptors (Lipinski definition) is 3. The van der Waals surface area contributed by atoms with Crippen LogP contribution in [0.4, 0.5) is 5.69 Å². The number of halogens is 2. The molecule has 0 spiro atoms. The zero-order valence-corrected chi connectivity index (χ0v) is 12.6. The summed E-state index contributed by atoms with van der Waals surface area (Å²) in [5.74, 6) is -1.99. The molecule has 20 heavy (non-hydrogen) atoms. The summed E-state index contributed by atoms with van der Waals surface area (Å²) in [5, 5.41) is 11.9. The number of amides is 1. The maximum absolute atomic E-state index is 12.1. The standard InChI is InChI=1S/C13H16Cl2N2O3/c1-6(2)9(5-16)12(18)17-11-8(13(19)20)3-7(14)4-10(11)15/h3-4,6,9H,5,16H2,1-2H3,(H,17,18)(H,19,20). The molecule has 1 aromatic rings. The van der Waals surface area contributed by atoms with Crippen molar-refractivity contribution in [2.45, 2.75) is 13.8 Å². The highest BCUT2D eigenvalue weighted by atomic mass is 35.5. The Kier molecular flexibility index (Phi) is 5.80. The van der Waals surface area contributed by atoms with Crippen molar-refractivity contribution in [1.29, 1.82) is 0 Å². The fraction of sp³-hybridized carbons (Fsp3) is 0.385. The van der Waals surface area contributed by atoms with Gasteiger partial charge in [-0.15, -0.1) is 0 Å². The van der Waals surface area contributed by atoms with Crippen LogP contribution in [0.3, 0.4) is 0 Å². The summed E-state index contributed by atoms with van der Waals surface area (Å²) >= 11 is 11.7. The van der Waals surface area contributed by atoms with E-state index in [1.807, 2.05) is 13.8 Å². The lowest BCUT2D eigenvalue weighted by atomic mass is 9.95. The van der Waals surface area contributed by atoms with Crippen LogP contribution >= 0.6 is 23.2 Å². The van der Waals surface area contributed by atoms with E-state index in [-0.39, 0.29) is 39.7 Å². The molecule has 1 aromatic carbocycles. The minimum Gasteiger partial charge on any atom is -0.478 e. The Balaban J connectivity index is 3.15. The van der Waals surface area contributed by atoms with Crippen molar-refractivity contribution in [1.82, 2.24) is 0 Å². The van der Waals surface area contributed by atoms with E-state index < -0.39 is 11.9 Å². The Hall–Kier alpha value is -1.30. The number of hydrogen-bond donors (Lipinski definition) is 3. The first-order valence-electron chi connectivity index (χ1n) is 6.01. The molecule has 0 saturated carbocycles. The zero-order valence-electron chi connectivity index (χ0n) is 11.1. The van der Waals surface area contributed by atoms with Crippen LogP contribution in [0.5, 0.6) is 0 Å². The number of aromatic carboxylic acids is 1. The Morgan fingerprint density at radius 1 is 1.35 bits per heavy atom. The summed E-state index contributed by atoms with van der Waals surface area (Å²) in [6.45, 7) is 3.88. The van der Waals surface area contributed by atoms with Gasteiger partial charge in [0.2, 0.25) is 5.91 Å². The lowest BCUT2D eigenvalue weighted by Gasteiger charge is -2.19. The van der Waals surface area contributed by atoms with Crippen LogP contribution in [0.15, 0.2) is 12.1 Å². The van der Waals surface area contributed by atoms with Crippen LogP contribution in [0.1, 0.15) is 24.2 Å². The Morgan fingerprint density at radius 3 is 2.40 bits per heavy atom. The van der Waals surface area contributed by atoms with Crippen LogP contribution in [0, 0.1) is 11.8 Å². The van der Waals surface area contributed by atoms with Crippen LogP contribution in [0.2, 0.25) is 10.0 Å². The Morgan fingerprint density at radius 2 is 1.95 bits per heavy atom. The number of carboxylic acids is 1. The lowest BCUT2D eigenvalue weighted by molar-refractivity contribution is -0.120. The molecule has 1 rings (SSSR count). The maximum Gasteiger partial charge on any atom is 0.337 e. The van der Waals surface area contributed by atoms with Crippen molar-refractivity contribution in [2.24, 2.45) is 17.6 Å². The van der Waals surface area contributed by atoms with E-state index in [0.717, 1.165) is 0 Å². The fourth-order valence-electron chi connectivity index (χ4n) is 1.77. The number of nitrogens with two attached hydrogens (primary N) is 1. The monoisotopic (exact) mass is 318 g/mol. The van der Waals surface area contributed by atoms with Gasteiger partial charge in [0.25, 0.3) is 0 Å². The molecule has 7 heteroatoms.